The molecule has 1 saturated heterocycles. The fourth-order valence-corrected chi connectivity index (χ4v) is 3.33. The Balaban J connectivity index is 1.77. The van der Waals surface area contributed by atoms with Gasteiger partial charge in [-0.25, -0.2) is 4.98 Å². The van der Waals surface area contributed by atoms with Gasteiger partial charge in [-0.3, -0.25) is 4.90 Å². The fraction of sp³-hybridized carbons (Fsp3) is 0.400. The smallest absolute Gasteiger partial charge is 0.108 e. The summed E-state index contributed by atoms with van der Waals surface area (Å²) >= 11 is 1.81. The SMILES string of the molecule is Cc1sc(CN2CCOCC2)nc1-c1ccccc1. The molecule has 0 aliphatic carbocycles. The largest absolute Gasteiger partial charge is 0.379 e. The zero-order valence-corrected chi connectivity index (χ0v) is 11.9. The van der Waals surface area contributed by atoms with Gasteiger partial charge in [0, 0.05) is 23.5 Å². The van der Waals surface area contributed by atoms with Crippen LogP contribution in [0.4, 0.5) is 0 Å². The van der Waals surface area contributed by atoms with Crippen LogP contribution in [-0.4, -0.2) is 36.2 Å². The van der Waals surface area contributed by atoms with Crippen molar-refractivity contribution in [3.63, 3.8) is 0 Å². The predicted octanol–water partition coefficient (Wildman–Crippen LogP) is 2.95. The van der Waals surface area contributed by atoms with E-state index in [-0.39, 0.29) is 0 Å². The molecule has 0 spiro atoms. The second kappa shape index (κ2) is 5.82. The lowest BCUT2D eigenvalue weighted by Gasteiger charge is -2.25. The summed E-state index contributed by atoms with van der Waals surface area (Å²) in [5.74, 6) is 0. The van der Waals surface area contributed by atoms with Crippen LogP contribution in [0, 0.1) is 6.92 Å². The summed E-state index contributed by atoms with van der Waals surface area (Å²) in [6.07, 6.45) is 0. The summed E-state index contributed by atoms with van der Waals surface area (Å²) in [6.45, 7) is 6.81. The van der Waals surface area contributed by atoms with Gasteiger partial charge in [0.25, 0.3) is 0 Å². The summed E-state index contributed by atoms with van der Waals surface area (Å²) in [5.41, 5.74) is 2.35. The average molecular weight is 274 g/mol. The van der Waals surface area contributed by atoms with E-state index < -0.39 is 0 Å². The lowest BCUT2D eigenvalue weighted by molar-refractivity contribution is 0.0342. The van der Waals surface area contributed by atoms with Crippen LogP contribution in [0.15, 0.2) is 30.3 Å². The third-order valence-electron chi connectivity index (χ3n) is 3.35. The van der Waals surface area contributed by atoms with Crippen LogP contribution in [0.25, 0.3) is 11.3 Å². The van der Waals surface area contributed by atoms with Crippen molar-refractivity contribution in [3.05, 3.63) is 40.2 Å². The lowest BCUT2D eigenvalue weighted by atomic mass is 10.1. The van der Waals surface area contributed by atoms with Crippen molar-refractivity contribution in [3.8, 4) is 11.3 Å². The molecule has 3 nitrogen and oxygen atoms in total. The van der Waals surface area contributed by atoms with Gasteiger partial charge in [-0.2, -0.15) is 0 Å². The molecule has 1 aromatic heterocycles. The van der Waals surface area contributed by atoms with Crippen LogP contribution in [0.5, 0.6) is 0 Å². The third kappa shape index (κ3) is 3.03. The molecule has 0 saturated carbocycles. The van der Waals surface area contributed by atoms with Crippen molar-refractivity contribution in [2.45, 2.75) is 13.5 Å². The summed E-state index contributed by atoms with van der Waals surface area (Å²) in [6, 6.07) is 10.4. The number of morpholine rings is 1. The first-order valence-electron chi connectivity index (χ1n) is 6.65. The Kier molecular flexibility index (Phi) is 3.92. The average Bonchev–Trinajstić information content (AvgIpc) is 2.82. The zero-order valence-electron chi connectivity index (χ0n) is 11.1. The number of aromatic nitrogens is 1. The summed E-state index contributed by atoms with van der Waals surface area (Å²) in [4.78, 5) is 8.52. The molecule has 4 heteroatoms. The van der Waals surface area contributed by atoms with Crippen molar-refractivity contribution in [2.75, 3.05) is 26.3 Å². The zero-order chi connectivity index (χ0) is 13.1. The van der Waals surface area contributed by atoms with Gasteiger partial charge in [0.05, 0.1) is 25.5 Å². The van der Waals surface area contributed by atoms with Crippen molar-refractivity contribution >= 4 is 11.3 Å². The van der Waals surface area contributed by atoms with Gasteiger partial charge >= 0.3 is 0 Å². The Labute approximate surface area is 117 Å². The molecular formula is C15H18N2OS. The molecule has 0 amide bonds. The molecule has 1 aliphatic rings. The molecular weight excluding hydrogens is 256 g/mol. The fourth-order valence-electron chi connectivity index (χ4n) is 2.33. The first kappa shape index (κ1) is 12.8. The van der Waals surface area contributed by atoms with Gasteiger partial charge in [0.1, 0.15) is 5.01 Å². The van der Waals surface area contributed by atoms with Crippen molar-refractivity contribution in [1.82, 2.24) is 9.88 Å². The molecule has 0 unspecified atom stereocenters. The number of ether oxygens (including phenoxy) is 1. The van der Waals surface area contributed by atoms with E-state index >= 15 is 0 Å². The van der Waals surface area contributed by atoms with E-state index in [4.69, 9.17) is 9.72 Å². The van der Waals surface area contributed by atoms with Gasteiger partial charge in [-0.1, -0.05) is 30.3 Å². The Bertz CT molecular complexity index is 532. The number of nitrogens with zero attached hydrogens (tertiary/aromatic N) is 2. The van der Waals surface area contributed by atoms with Gasteiger partial charge in [0.2, 0.25) is 0 Å². The molecule has 19 heavy (non-hydrogen) atoms. The Hall–Kier alpha value is -1.23. The normalized spacial score (nSPS) is 16.7. The summed E-state index contributed by atoms with van der Waals surface area (Å²) in [5, 5.41) is 1.21. The summed E-state index contributed by atoms with van der Waals surface area (Å²) in [7, 11) is 0. The predicted molar refractivity (Wildman–Crippen MR) is 78.4 cm³/mol. The number of hydrogen-bond donors (Lipinski definition) is 0. The first-order chi connectivity index (χ1) is 9.33. The summed E-state index contributed by atoms with van der Waals surface area (Å²) < 4.78 is 5.38. The maximum Gasteiger partial charge on any atom is 0.108 e. The number of benzene rings is 1. The van der Waals surface area contributed by atoms with Gasteiger partial charge in [-0.15, -0.1) is 11.3 Å². The van der Waals surface area contributed by atoms with Crippen LogP contribution in [0.1, 0.15) is 9.88 Å². The van der Waals surface area contributed by atoms with E-state index in [0.717, 1.165) is 38.5 Å². The van der Waals surface area contributed by atoms with Crippen molar-refractivity contribution < 1.29 is 4.74 Å². The highest BCUT2D eigenvalue weighted by Gasteiger charge is 2.15. The number of thiazole rings is 1. The van der Waals surface area contributed by atoms with Gasteiger partial charge in [0.15, 0.2) is 0 Å². The van der Waals surface area contributed by atoms with E-state index in [1.165, 1.54) is 15.4 Å². The molecule has 100 valence electrons. The van der Waals surface area contributed by atoms with Crippen molar-refractivity contribution in [1.29, 1.82) is 0 Å². The Morgan fingerprint density at radius 1 is 1.21 bits per heavy atom. The molecule has 1 aliphatic heterocycles. The second-order valence-corrected chi connectivity index (χ2v) is 6.05. The number of aryl methyl sites for hydroxylation is 1. The highest BCUT2D eigenvalue weighted by atomic mass is 32.1. The highest BCUT2D eigenvalue weighted by molar-refractivity contribution is 7.12. The minimum atomic E-state index is 0.843. The third-order valence-corrected chi connectivity index (χ3v) is 4.31. The number of rotatable bonds is 3. The minimum absolute atomic E-state index is 0.843. The molecule has 0 atom stereocenters. The first-order valence-corrected chi connectivity index (χ1v) is 7.46. The monoisotopic (exact) mass is 274 g/mol. The highest BCUT2D eigenvalue weighted by Crippen LogP contribution is 2.28. The maximum absolute atomic E-state index is 5.38. The molecule has 1 fully saturated rings. The number of hydrogen-bond acceptors (Lipinski definition) is 4. The molecule has 0 radical (unpaired) electrons. The van der Waals surface area contributed by atoms with Crippen LogP contribution in [0.3, 0.4) is 0 Å². The molecule has 2 aromatic rings. The molecule has 0 N–H and O–H groups in total. The van der Waals surface area contributed by atoms with E-state index in [1.807, 2.05) is 17.4 Å². The van der Waals surface area contributed by atoms with Crippen LogP contribution in [-0.2, 0) is 11.3 Å². The van der Waals surface area contributed by atoms with Crippen LogP contribution >= 0.6 is 11.3 Å². The standard InChI is InChI=1S/C15H18N2OS/c1-12-15(13-5-3-2-4-6-13)16-14(19-12)11-17-7-9-18-10-8-17/h2-6H,7-11H2,1H3. The minimum Gasteiger partial charge on any atom is -0.379 e. The molecule has 2 heterocycles. The molecule has 0 bridgehead atoms. The van der Waals surface area contributed by atoms with Gasteiger partial charge < -0.3 is 4.74 Å². The van der Waals surface area contributed by atoms with Crippen molar-refractivity contribution in [2.24, 2.45) is 0 Å². The Morgan fingerprint density at radius 3 is 2.68 bits per heavy atom. The quantitative estimate of drug-likeness (QED) is 0.860. The Morgan fingerprint density at radius 2 is 1.95 bits per heavy atom. The second-order valence-electron chi connectivity index (χ2n) is 4.77. The van der Waals surface area contributed by atoms with E-state index in [2.05, 4.69) is 36.1 Å². The van der Waals surface area contributed by atoms with E-state index in [9.17, 15) is 0 Å². The van der Waals surface area contributed by atoms with Gasteiger partial charge in [-0.05, 0) is 6.92 Å². The molecule has 1 aromatic carbocycles. The lowest BCUT2D eigenvalue weighted by Crippen LogP contribution is -2.35. The molecule has 3 rings (SSSR count). The van der Waals surface area contributed by atoms with E-state index in [0.29, 0.717) is 0 Å². The van der Waals surface area contributed by atoms with E-state index in [1.54, 1.807) is 0 Å². The topological polar surface area (TPSA) is 25.4 Å². The maximum atomic E-state index is 5.38. The van der Waals surface area contributed by atoms with Crippen LogP contribution in [0.2, 0.25) is 0 Å². The van der Waals surface area contributed by atoms with Crippen LogP contribution < -0.4 is 0 Å².